The average molecular weight is 948 g/mol. The first-order valence-electron chi connectivity index (χ1n) is 28.6. The van der Waals surface area contributed by atoms with Crippen LogP contribution in [0.5, 0.6) is 0 Å². The summed E-state index contributed by atoms with van der Waals surface area (Å²) in [4.78, 5) is 38.1. The third-order valence-corrected chi connectivity index (χ3v) is 12.1. The van der Waals surface area contributed by atoms with Crippen molar-refractivity contribution >= 4 is 17.9 Å². The van der Waals surface area contributed by atoms with Gasteiger partial charge in [0.2, 0.25) is 0 Å². The van der Waals surface area contributed by atoms with Crippen LogP contribution < -0.4 is 0 Å². The Bertz CT molecular complexity index is 1320. The van der Waals surface area contributed by atoms with E-state index in [4.69, 9.17) is 14.2 Å². The van der Waals surface area contributed by atoms with Gasteiger partial charge in [0, 0.05) is 19.3 Å². The molecule has 6 nitrogen and oxygen atoms in total. The first-order chi connectivity index (χ1) is 33.5. The third-order valence-electron chi connectivity index (χ3n) is 12.1. The van der Waals surface area contributed by atoms with E-state index in [2.05, 4.69) is 106 Å². The largest absolute Gasteiger partial charge is 0.462 e. The molecule has 0 N–H and O–H groups in total. The summed E-state index contributed by atoms with van der Waals surface area (Å²) in [5, 5.41) is 0. The number of hydrogen-bond acceptors (Lipinski definition) is 6. The zero-order chi connectivity index (χ0) is 49.3. The van der Waals surface area contributed by atoms with Crippen molar-refractivity contribution in [3.63, 3.8) is 0 Å². The number of rotatable bonds is 51. The second kappa shape index (κ2) is 56.2. The van der Waals surface area contributed by atoms with Gasteiger partial charge in [-0.05, 0) is 96.3 Å². The summed E-state index contributed by atoms with van der Waals surface area (Å²) < 4.78 is 16.8. The Kier molecular flexibility index (Phi) is 53.4. The van der Waals surface area contributed by atoms with Crippen LogP contribution in [0, 0.1) is 0 Å². The molecule has 0 amide bonds. The Morgan fingerprint density at radius 1 is 0.309 bits per heavy atom. The Balaban J connectivity index is 4.45. The molecule has 0 aromatic rings. The molecule has 0 aliphatic carbocycles. The summed E-state index contributed by atoms with van der Waals surface area (Å²) in [6.45, 7) is 6.48. The van der Waals surface area contributed by atoms with Crippen LogP contribution in [0.4, 0.5) is 0 Å². The Morgan fingerprint density at radius 2 is 0.574 bits per heavy atom. The Hall–Kier alpha value is -3.41. The van der Waals surface area contributed by atoms with E-state index in [-0.39, 0.29) is 31.1 Å². The fraction of sp³-hybridized carbons (Fsp3) is 0.726. The molecule has 0 aliphatic rings. The van der Waals surface area contributed by atoms with Crippen molar-refractivity contribution < 1.29 is 28.6 Å². The topological polar surface area (TPSA) is 78.9 Å². The van der Waals surface area contributed by atoms with E-state index in [9.17, 15) is 14.4 Å². The minimum atomic E-state index is -0.794. The summed E-state index contributed by atoms with van der Waals surface area (Å²) in [6, 6.07) is 0. The van der Waals surface area contributed by atoms with E-state index < -0.39 is 6.10 Å². The zero-order valence-electron chi connectivity index (χ0n) is 44.6. The minimum Gasteiger partial charge on any atom is -0.462 e. The van der Waals surface area contributed by atoms with Crippen LogP contribution in [-0.2, 0) is 28.6 Å². The Morgan fingerprint density at radius 3 is 0.941 bits per heavy atom. The maximum absolute atomic E-state index is 12.9. The van der Waals surface area contributed by atoms with Crippen molar-refractivity contribution in [2.45, 2.75) is 277 Å². The van der Waals surface area contributed by atoms with Crippen LogP contribution >= 0.6 is 0 Å². The summed E-state index contributed by atoms with van der Waals surface area (Å²) in [6.07, 6.45) is 72.8. The lowest BCUT2D eigenvalue weighted by molar-refractivity contribution is -0.167. The average Bonchev–Trinajstić information content (AvgIpc) is 3.34. The molecule has 68 heavy (non-hydrogen) atoms. The molecule has 390 valence electrons. The molecule has 0 radical (unpaired) electrons. The zero-order valence-corrected chi connectivity index (χ0v) is 44.6. The molecule has 0 spiro atoms. The molecule has 0 fully saturated rings. The molecular weight excluding hydrogens is 841 g/mol. The summed E-state index contributed by atoms with van der Waals surface area (Å²) >= 11 is 0. The van der Waals surface area contributed by atoms with Gasteiger partial charge in [-0.1, -0.05) is 241 Å². The van der Waals surface area contributed by atoms with Gasteiger partial charge in [0.05, 0.1) is 0 Å². The lowest BCUT2D eigenvalue weighted by Crippen LogP contribution is -2.30. The molecular formula is C62H106O6. The molecule has 1 atom stereocenters. The highest BCUT2D eigenvalue weighted by Crippen LogP contribution is 2.15. The van der Waals surface area contributed by atoms with Gasteiger partial charge in [0.15, 0.2) is 6.10 Å². The number of carbonyl (C=O) groups is 3. The van der Waals surface area contributed by atoms with Crippen molar-refractivity contribution in [1.82, 2.24) is 0 Å². The van der Waals surface area contributed by atoms with Crippen LogP contribution in [0.3, 0.4) is 0 Å². The highest BCUT2D eigenvalue weighted by molar-refractivity contribution is 5.71. The first-order valence-corrected chi connectivity index (χ1v) is 28.6. The van der Waals surface area contributed by atoms with E-state index in [0.717, 1.165) is 109 Å². The van der Waals surface area contributed by atoms with E-state index in [1.54, 1.807) is 0 Å². The van der Waals surface area contributed by atoms with E-state index in [0.29, 0.717) is 19.3 Å². The number of allylic oxidation sites excluding steroid dienone is 14. The minimum absolute atomic E-state index is 0.0886. The van der Waals surface area contributed by atoms with Crippen molar-refractivity contribution in [3.8, 4) is 0 Å². The van der Waals surface area contributed by atoms with Crippen LogP contribution in [0.2, 0.25) is 0 Å². The third kappa shape index (κ3) is 53.5. The maximum atomic E-state index is 12.9. The standard InChI is InChI=1S/C62H106O6/c1-4-7-10-13-16-19-22-25-28-30-31-33-34-37-40-43-46-49-52-55-61(64)67-58-59(57-66-60(63)54-51-48-45-42-39-36-27-24-21-18-15-12-9-6-3)68-62(65)56-53-50-47-44-41-38-35-32-29-26-23-20-17-14-11-8-5-2/h7,10,16-17,19-20,25-26,28-29,31,33,37,40,59H,4-6,8-9,11-15,18,21-24,27,30,32,34-36,38-39,41-58H2,1-3H3/b10-7-,19-16-,20-17-,28-25-,29-26-,33-31-,40-37-. The quantitative estimate of drug-likeness (QED) is 0.0262. The number of unbranched alkanes of at least 4 members (excludes halogenated alkanes) is 26. The van der Waals surface area contributed by atoms with Crippen molar-refractivity contribution in [1.29, 1.82) is 0 Å². The van der Waals surface area contributed by atoms with Gasteiger partial charge in [0.1, 0.15) is 13.2 Å². The van der Waals surface area contributed by atoms with Crippen LogP contribution in [0.1, 0.15) is 271 Å². The predicted octanol–water partition coefficient (Wildman–Crippen LogP) is 19.2. The second-order valence-corrected chi connectivity index (χ2v) is 18.8. The van der Waals surface area contributed by atoms with Crippen molar-refractivity contribution in [2.24, 2.45) is 0 Å². The summed E-state index contributed by atoms with van der Waals surface area (Å²) in [5.74, 6) is -0.923. The lowest BCUT2D eigenvalue weighted by atomic mass is 10.0. The number of esters is 3. The molecule has 0 saturated heterocycles. The van der Waals surface area contributed by atoms with Gasteiger partial charge in [0.25, 0.3) is 0 Å². The van der Waals surface area contributed by atoms with E-state index >= 15 is 0 Å². The molecule has 0 heterocycles. The Labute approximate surface area is 420 Å². The SMILES string of the molecule is CC/C=C\C/C=C\C/C=C\C/C=C\C/C=C\CCCCCC(=O)OCC(COC(=O)CCCCCCCCCCCCCCCC)OC(=O)CCCCCCCCC/C=C\C/C=C\CCCCC. The summed E-state index contributed by atoms with van der Waals surface area (Å²) in [5.41, 5.74) is 0. The molecule has 0 aromatic carbocycles. The van der Waals surface area contributed by atoms with E-state index in [1.165, 1.54) is 122 Å². The highest BCUT2D eigenvalue weighted by Gasteiger charge is 2.19. The predicted molar refractivity (Wildman–Crippen MR) is 293 cm³/mol. The van der Waals surface area contributed by atoms with Gasteiger partial charge < -0.3 is 14.2 Å². The van der Waals surface area contributed by atoms with Crippen LogP contribution in [-0.4, -0.2) is 37.2 Å². The van der Waals surface area contributed by atoms with Gasteiger partial charge in [-0.25, -0.2) is 0 Å². The monoisotopic (exact) mass is 947 g/mol. The van der Waals surface area contributed by atoms with Crippen LogP contribution in [0.25, 0.3) is 0 Å². The maximum Gasteiger partial charge on any atom is 0.306 e. The van der Waals surface area contributed by atoms with Crippen molar-refractivity contribution in [2.75, 3.05) is 13.2 Å². The van der Waals surface area contributed by atoms with Crippen LogP contribution in [0.15, 0.2) is 85.1 Å². The molecule has 0 saturated carbocycles. The van der Waals surface area contributed by atoms with Gasteiger partial charge in [-0.2, -0.15) is 0 Å². The molecule has 1 unspecified atom stereocenters. The molecule has 0 aromatic heterocycles. The molecule has 0 rings (SSSR count). The van der Waals surface area contributed by atoms with Gasteiger partial charge in [-0.3, -0.25) is 14.4 Å². The normalized spacial score (nSPS) is 12.7. The molecule has 0 bridgehead atoms. The fourth-order valence-corrected chi connectivity index (χ4v) is 7.85. The highest BCUT2D eigenvalue weighted by atomic mass is 16.6. The second-order valence-electron chi connectivity index (χ2n) is 18.8. The van der Waals surface area contributed by atoms with Gasteiger partial charge >= 0.3 is 17.9 Å². The number of ether oxygens (including phenoxy) is 3. The van der Waals surface area contributed by atoms with Crippen molar-refractivity contribution in [3.05, 3.63) is 85.1 Å². The molecule has 0 aliphatic heterocycles. The fourth-order valence-electron chi connectivity index (χ4n) is 7.85. The lowest BCUT2D eigenvalue weighted by Gasteiger charge is -2.18. The van der Waals surface area contributed by atoms with Gasteiger partial charge in [-0.15, -0.1) is 0 Å². The van der Waals surface area contributed by atoms with E-state index in [1.807, 2.05) is 0 Å². The first kappa shape index (κ1) is 64.6. The number of carbonyl (C=O) groups excluding carboxylic acids is 3. The number of hydrogen-bond donors (Lipinski definition) is 0. The smallest absolute Gasteiger partial charge is 0.306 e. The summed E-state index contributed by atoms with van der Waals surface area (Å²) in [7, 11) is 0. The molecule has 6 heteroatoms.